The molecule has 1 amide bonds. The van der Waals surface area contributed by atoms with Crippen LogP contribution in [0.25, 0.3) is 0 Å². The Morgan fingerprint density at radius 3 is 2.22 bits per heavy atom. The van der Waals surface area contributed by atoms with Crippen LogP contribution in [0.1, 0.15) is 37.8 Å². The summed E-state index contributed by atoms with van der Waals surface area (Å²) in [6, 6.07) is 3.96. The number of nitrogens with one attached hydrogen (secondary N) is 1. The Morgan fingerprint density at radius 1 is 1.26 bits per heavy atom. The molecule has 1 unspecified atom stereocenters. The Bertz CT molecular complexity index is 533. The van der Waals surface area contributed by atoms with Gasteiger partial charge in [-0.1, -0.05) is 0 Å². The molecule has 1 radical (unpaired) electrons. The molecule has 1 aromatic carbocycles. The number of benzene rings is 1. The van der Waals surface area contributed by atoms with Crippen LogP contribution in [0.5, 0.6) is 5.75 Å². The van der Waals surface area contributed by atoms with E-state index in [4.69, 9.17) is 4.74 Å². The van der Waals surface area contributed by atoms with Gasteiger partial charge >= 0.3 is 0 Å². The van der Waals surface area contributed by atoms with Gasteiger partial charge in [0.2, 0.25) is 0 Å². The van der Waals surface area contributed by atoms with Gasteiger partial charge in [-0.2, -0.15) is 0 Å². The van der Waals surface area contributed by atoms with Gasteiger partial charge in [0.1, 0.15) is 11.4 Å². The fraction of sp³-hybridized carbons (Fsp3) is 0.611. The van der Waals surface area contributed by atoms with Crippen molar-refractivity contribution in [3.05, 3.63) is 23.3 Å². The third-order valence-electron chi connectivity index (χ3n) is 5.28. The van der Waals surface area contributed by atoms with Gasteiger partial charge < -0.3 is 10.1 Å². The summed E-state index contributed by atoms with van der Waals surface area (Å²) in [5, 5.41) is 3.20. The fourth-order valence-electron chi connectivity index (χ4n) is 3.66. The van der Waals surface area contributed by atoms with E-state index in [-0.39, 0.29) is 44.3 Å². The molecule has 125 valence electrons. The van der Waals surface area contributed by atoms with Crippen molar-refractivity contribution in [2.75, 3.05) is 30.9 Å². The third kappa shape index (κ3) is 4.56. The van der Waals surface area contributed by atoms with Crippen molar-refractivity contribution in [3.8, 4) is 5.75 Å². The van der Waals surface area contributed by atoms with Crippen molar-refractivity contribution in [2.24, 2.45) is 0 Å². The van der Waals surface area contributed by atoms with E-state index in [1.165, 1.54) is 31.3 Å². The molecular formula is C18H29NO2PY+. The first kappa shape index (κ1) is 21.1. The smallest absolute Gasteiger partial charge is 0.264 e. The van der Waals surface area contributed by atoms with E-state index >= 15 is 0 Å². The number of hydrogen-bond acceptors (Lipinski definition) is 2. The molecule has 1 atom stereocenters. The van der Waals surface area contributed by atoms with Gasteiger partial charge in [-0.05, 0) is 63.8 Å². The number of aryl methyl sites for hydroxylation is 2. The summed E-state index contributed by atoms with van der Waals surface area (Å²) < 4.78 is 5.29. The number of ether oxygens (including phenoxy) is 1. The van der Waals surface area contributed by atoms with Crippen LogP contribution in [-0.2, 0) is 37.5 Å². The zero-order valence-electron chi connectivity index (χ0n) is 15.1. The molecule has 5 heteroatoms. The zero-order chi connectivity index (χ0) is 16.3. The van der Waals surface area contributed by atoms with Crippen molar-refractivity contribution in [1.29, 1.82) is 0 Å². The Balaban J connectivity index is 0.00000264. The maximum atomic E-state index is 12.8. The molecule has 1 heterocycles. The van der Waals surface area contributed by atoms with E-state index in [9.17, 15) is 4.79 Å². The summed E-state index contributed by atoms with van der Waals surface area (Å²) in [6.07, 6.45) is 6.39. The first-order valence-electron chi connectivity index (χ1n) is 8.25. The molecule has 1 aliphatic rings. The van der Waals surface area contributed by atoms with Gasteiger partial charge in [0, 0.05) is 45.7 Å². The molecule has 1 aromatic rings. The fourth-order valence-corrected chi connectivity index (χ4v) is 8.10. The summed E-state index contributed by atoms with van der Waals surface area (Å²) in [6.45, 7) is 8.46. The number of carbonyl (C=O) groups is 1. The van der Waals surface area contributed by atoms with Gasteiger partial charge in [-0.3, -0.25) is 4.79 Å². The predicted molar refractivity (Wildman–Crippen MR) is 97.0 cm³/mol. The van der Waals surface area contributed by atoms with Crippen molar-refractivity contribution in [3.63, 3.8) is 0 Å². The van der Waals surface area contributed by atoms with Crippen LogP contribution in [0.4, 0.5) is 5.69 Å². The second-order valence-electron chi connectivity index (χ2n) is 6.49. The van der Waals surface area contributed by atoms with Crippen LogP contribution in [-0.4, -0.2) is 37.2 Å². The second-order valence-corrected chi connectivity index (χ2v) is 11.2. The molecule has 0 aromatic heterocycles. The van der Waals surface area contributed by atoms with Crippen molar-refractivity contribution >= 4 is 18.9 Å². The maximum absolute atomic E-state index is 12.8. The van der Waals surface area contributed by atoms with E-state index in [1.807, 2.05) is 26.0 Å². The van der Waals surface area contributed by atoms with Crippen LogP contribution in [0.3, 0.4) is 0 Å². The largest absolute Gasteiger partial charge is 0.497 e. The molecule has 0 saturated carbocycles. The molecule has 23 heavy (non-hydrogen) atoms. The van der Waals surface area contributed by atoms with E-state index < -0.39 is 7.26 Å². The van der Waals surface area contributed by atoms with Gasteiger partial charge in [0.25, 0.3) is 5.91 Å². The van der Waals surface area contributed by atoms with Crippen LogP contribution in [0, 0.1) is 13.8 Å². The summed E-state index contributed by atoms with van der Waals surface area (Å²) in [5.74, 6) is 1.04. The molecular weight excluding hydrogens is 382 g/mol. The predicted octanol–water partition coefficient (Wildman–Crippen LogP) is 4.47. The zero-order valence-corrected chi connectivity index (χ0v) is 18.8. The topological polar surface area (TPSA) is 38.3 Å². The van der Waals surface area contributed by atoms with Crippen molar-refractivity contribution in [2.45, 2.75) is 46.2 Å². The average molecular weight is 411 g/mol. The molecule has 0 spiro atoms. The molecule has 1 fully saturated rings. The molecule has 3 nitrogen and oxygen atoms in total. The Kier molecular flexibility index (Phi) is 8.18. The Hall–Kier alpha value is 0.0239. The van der Waals surface area contributed by atoms with E-state index in [0.717, 1.165) is 22.6 Å². The van der Waals surface area contributed by atoms with Crippen LogP contribution in [0.2, 0.25) is 0 Å². The van der Waals surface area contributed by atoms with Gasteiger partial charge in [-0.15, -0.1) is 0 Å². The summed E-state index contributed by atoms with van der Waals surface area (Å²) in [5.41, 5.74) is 3.24. The van der Waals surface area contributed by atoms with Crippen molar-refractivity contribution < 1.29 is 42.2 Å². The average Bonchev–Trinajstić information content (AvgIpc) is 2.99. The number of anilines is 1. The van der Waals surface area contributed by atoms with Gasteiger partial charge in [-0.25, -0.2) is 0 Å². The normalized spacial score (nSPS) is 17.3. The first-order chi connectivity index (χ1) is 10.4. The van der Waals surface area contributed by atoms with Gasteiger partial charge in [0.15, 0.2) is 0 Å². The number of rotatable bonds is 5. The third-order valence-corrected chi connectivity index (χ3v) is 10.8. The number of methoxy groups -OCH3 is 1. The SMILES string of the molecule is CC[P+]1(C(C)C(=O)Nc2c(C)cc(OC)cc2C)CCCC1.[Y]. The number of amides is 1. The second kappa shape index (κ2) is 8.93. The first-order valence-corrected chi connectivity index (χ1v) is 10.7. The molecule has 2 rings (SSSR count). The van der Waals surface area contributed by atoms with Crippen LogP contribution < -0.4 is 10.1 Å². The molecule has 0 aliphatic carbocycles. The van der Waals surface area contributed by atoms with E-state index in [2.05, 4.69) is 19.2 Å². The quantitative estimate of drug-likeness (QED) is 0.727. The van der Waals surface area contributed by atoms with E-state index in [1.54, 1.807) is 7.11 Å². The minimum absolute atomic E-state index is 0. The number of hydrogen-bond donors (Lipinski definition) is 1. The van der Waals surface area contributed by atoms with Crippen LogP contribution in [0.15, 0.2) is 12.1 Å². The van der Waals surface area contributed by atoms with Crippen molar-refractivity contribution in [1.82, 2.24) is 0 Å². The van der Waals surface area contributed by atoms with Gasteiger partial charge in [0.05, 0.1) is 25.6 Å². The summed E-state index contributed by atoms with van der Waals surface area (Å²) in [7, 11) is 0.577. The summed E-state index contributed by atoms with van der Waals surface area (Å²) >= 11 is 0. The number of carbonyl (C=O) groups excluding carboxylic acids is 1. The standard InChI is InChI=1S/C18H28NO2P.Y/c1-6-22(9-7-8-10-22)15(4)18(20)19-17-13(2)11-16(21-5)12-14(17)3;/h11-12,15H,6-10H2,1-5H3;/p+1. The van der Waals surface area contributed by atoms with Crippen LogP contribution >= 0.6 is 7.26 Å². The Labute approximate surface area is 166 Å². The molecule has 1 saturated heterocycles. The minimum atomic E-state index is -1.09. The maximum Gasteiger partial charge on any atom is 0.264 e. The minimum Gasteiger partial charge on any atom is -0.497 e. The molecule has 1 aliphatic heterocycles. The summed E-state index contributed by atoms with van der Waals surface area (Å²) in [4.78, 5) is 12.8. The Morgan fingerprint density at radius 2 is 1.78 bits per heavy atom. The monoisotopic (exact) mass is 411 g/mol. The molecule has 0 bridgehead atoms. The van der Waals surface area contributed by atoms with E-state index in [0.29, 0.717) is 0 Å². The molecule has 1 N–H and O–H groups in total.